The monoisotopic (exact) mass is 541 g/mol. The van der Waals surface area contributed by atoms with E-state index in [9.17, 15) is 18.0 Å². The fourth-order valence-electron chi connectivity index (χ4n) is 3.67. The topological polar surface area (TPSA) is 86.8 Å². The van der Waals surface area contributed by atoms with Crippen LogP contribution < -0.4 is 9.62 Å². The molecule has 2 aromatic carbocycles. The molecule has 0 fully saturated rings. The van der Waals surface area contributed by atoms with Gasteiger partial charge in [0.25, 0.3) is 0 Å². The van der Waals surface area contributed by atoms with E-state index < -0.39 is 34.1 Å². The van der Waals surface area contributed by atoms with E-state index in [1.54, 1.807) is 51.1 Å². The molecule has 2 aromatic rings. The van der Waals surface area contributed by atoms with Crippen LogP contribution in [0.4, 0.5) is 5.69 Å². The summed E-state index contributed by atoms with van der Waals surface area (Å²) >= 11 is 12.2. The summed E-state index contributed by atoms with van der Waals surface area (Å²) in [5.74, 6) is -0.885. The van der Waals surface area contributed by atoms with Gasteiger partial charge in [0.1, 0.15) is 12.6 Å². The van der Waals surface area contributed by atoms with Crippen molar-refractivity contribution < 1.29 is 18.0 Å². The van der Waals surface area contributed by atoms with Gasteiger partial charge in [-0.15, -0.1) is 0 Å². The number of para-hydroxylation sites is 1. The number of nitrogens with zero attached hydrogens (tertiary/aromatic N) is 2. The molecule has 0 bridgehead atoms. The van der Waals surface area contributed by atoms with Crippen LogP contribution in [0, 0.1) is 13.8 Å². The van der Waals surface area contributed by atoms with Crippen molar-refractivity contribution in [2.75, 3.05) is 17.1 Å². The predicted octanol–water partition coefficient (Wildman–Crippen LogP) is 4.71. The third-order valence-corrected chi connectivity index (χ3v) is 7.22. The average molecular weight is 543 g/mol. The fraction of sp³-hybridized carbons (Fsp3) is 0.440. The summed E-state index contributed by atoms with van der Waals surface area (Å²) in [5.41, 5.74) is 2.03. The molecule has 0 saturated heterocycles. The first-order chi connectivity index (χ1) is 16.0. The first-order valence-electron chi connectivity index (χ1n) is 11.1. The highest BCUT2D eigenvalue weighted by Gasteiger charge is 2.32. The Balaban J connectivity index is 2.49. The Kier molecular flexibility index (Phi) is 9.25. The minimum atomic E-state index is -3.80. The van der Waals surface area contributed by atoms with Gasteiger partial charge >= 0.3 is 0 Å². The van der Waals surface area contributed by atoms with E-state index in [0.717, 1.165) is 21.7 Å². The highest BCUT2D eigenvalue weighted by molar-refractivity contribution is 7.92. The largest absolute Gasteiger partial charge is 0.350 e. The van der Waals surface area contributed by atoms with Crippen molar-refractivity contribution in [2.24, 2.45) is 0 Å². The van der Waals surface area contributed by atoms with Gasteiger partial charge in [-0.3, -0.25) is 13.9 Å². The molecule has 2 rings (SSSR count). The number of sulfonamides is 1. The molecule has 7 nitrogen and oxygen atoms in total. The molecular formula is C25H33Cl2N3O4S. The number of carbonyl (C=O) groups excluding carboxylic acids is 2. The summed E-state index contributed by atoms with van der Waals surface area (Å²) in [4.78, 5) is 28.0. The normalized spacial score (nSPS) is 12.7. The number of amides is 2. The summed E-state index contributed by atoms with van der Waals surface area (Å²) in [6, 6.07) is 9.47. The first-order valence-corrected chi connectivity index (χ1v) is 13.7. The van der Waals surface area contributed by atoms with Crippen molar-refractivity contribution in [1.82, 2.24) is 10.2 Å². The lowest BCUT2D eigenvalue weighted by molar-refractivity contribution is -0.140. The van der Waals surface area contributed by atoms with Crippen LogP contribution >= 0.6 is 23.2 Å². The molecule has 0 spiro atoms. The molecule has 10 heteroatoms. The number of anilines is 1. The van der Waals surface area contributed by atoms with E-state index in [4.69, 9.17) is 23.2 Å². The van der Waals surface area contributed by atoms with Crippen LogP contribution in [0.25, 0.3) is 0 Å². The Hall–Kier alpha value is -2.29. The molecule has 1 atom stereocenters. The highest BCUT2D eigenvalue weighted by atomic mass is 35.5. The van der Waals surface area contributed by atoms with E-state index >= 15 is 0 Å². The lowest BCUT2D eigenvalue weighted by atomic mass is 10.1. The van der Waals surface area contributed by atoms with E-state index in [1.807, 2.05) is 26.8 Å². The van der Waals surface area contributed by atoms with Gasteiger partial charge in [-0.25, -0.2) is 8.42 Å². The quantitative estimate of drug-likeness (QED) is 0.524. The molecule has 0 unspecified atom stereocenters. The third kappa shape index (κ3) is 7.85. The number of halogens is 2. The van der Waals surface area contributed by atoms with Crippen LogP contribution in [-0.2, 0) is 26.2 Å². The molecule has 0 radical (unpaired) electrons. The molecule has 192 valence electrons. The Morgan fingerprint density at radius 1 is 1.03 bits per heavy atom. The highest BCUT2D eigenvalue weighted by Crippen LogP contribution is 2.28. The van der Waals surface area contributed by atoms with Crippen molar-refractivity contribution in [3.05, 3.63) is 63.1 Å². The number of benzene rings is 2. The smallest absolute Gasteiger partial charge is 0.244 e. The maximum absolute atomic E-state index is 13.6. The SMILES string of the molecule is Cc1cccc(C)c1N(CC(=O)N(Cc1ccc(Cl)c(Cl)c1)[C@@H](C)C(=O)NC(C)(C)C)S(C)(=O)=O. The molecule has 0 aliphatic rings. The molecule has 0 aromatic heterocycles. The van der Waals surface area contributed by atoms with Gasteiger partial charge in [0.2, 0.25) is 21.8 Å². The number of nitrogens with one attached hydrogen (secondary N) is 1. The molecule has 35 heavy (non-hydrogen) atoms. The Morgan fingerprint density at radius 2 is 1.60 bits per heavy atom. The van der Waals surface area contributed by atoms with Gasteiger partial charge in [0.15, 0.2) is 0 Å². The van der Waals surface area contributed by atoms with E-state index in [-0.39, 0.29) is 12.5 Å². The van der Waals surface area contributed by atoms with Gasteiger partial charge < -0.3 is 10.2 Å². The summed E-state index contributed by atoms with van der Waals surface area (Å²) < 4.78 is 26.6. The number of aryl methyl sites for hydroxylation is 2. The fourth-order valence-corrected chi connectivity index (χ4v) is 4.95. The maximum atomic E-state index is 13.6. The molecule has 0 saturated carbocycles. The summed E-state index contributed by atoms with van der Waals surface area (Å²) in [5, 5.41) is 3.56. The second kappa shape index (κ2) is 11.2. The van der Waals surface area contributed by atoms with Crippen molar-refractivity contribution >= 4 is 50.7 Å². The first kappa shape index (κ1) is 28.9. The van der Waals surface area contributed by atoms with Crippen molar-refractivity contribution in [3.8, 4) is 0 Å². The van der Waals surface area contributed by atoms with Crippen molar-refractivity contribution in [1.29, 1.82) is 0 Å². The van der Waals surface area contributed by atoms with E-state index in [2.05, 4.69) is 5.32 Å². The standard InChI is InChI=1S/C25H33Cl2N3O4S/c1-16-9-8-10-17(2)23(16)30(35(7,33)34)15-22(31)29(18(3)24(32)28-25(4,5)6)14-19-11-12-20(26)21(27)13-19/h8-13,18H,14-15H2,1-7H3,(H,28,32)/t18-/m0/s1. The molecule has 0 aliphatic carbocycles. The minimum Gasteiger partial charge on any atom is -0.350 e. The van der Waals surface area contributed by atoms with E-state index in [0.29, 0.717) is 21.3 Å². The molecule has 1 N–H and O–H groups in total. The van der Waals surface area contributed by atoms with Crippen LogP contribution in [-0.4, -0.2) is 49.5 Å². The summed E-state index contributed by atoms with van der Waals surface area (Å²) in [6.07, 6.45) is 1.06. The van der Waals surface area contributed by atoms with Gasteiger partial charge in [0.05, 0.1) is 22.0 Å². The van der Waals surface area contributed by atoms with Crippen LogP contribution in [0.5, 0.6) is 0 Å². The van der Waals surface area contributed by atoms with Crippen LogP contribution in [0.1, 0.15) is 44.4 Å². The average Bonchev–Trinajstić information content (AvgIpc) is 2.71. The zero-order chi connectivity index (χ0) is 26.7. The van der Waals surface area contributed by atoms with E-state index in [1.165, 1.54) is 4.90 Å². The number of rotatable bonds is 8. The van der Waals surface area contributed by atoms with Crippen LogP contribution in [0.2, 0.25) is 10.0 Å². The van der Waals surface area contributed by atoms with Crippen molar-refractivity contribution in [2.45, 2.75) is 59.7 Å². The zero-order valence-electron chi connectivity index (χ0n) is 21.1. The lowest BCUT2D eigenvalue weighted by Gasteiger charge is -2.33. The van der Waals surface area contributed by atoms with Gasteiger partial charge in [-0.2, -0.15) is 0 Å². The lowest BCUT2D eigenvalue weighted by Crippen LogP contribution is -2.54. The van der Waals surface area contributed by atoms with Gasteiger partial charge in [0, 0.05) is 12.1 Å². The second-order valence-corrected chi connectivity index (χ2v) is 12.4. The minimum absolute atomic E-state index is 0.0405. The zero-order valence-corrected chi connectivity index (χ0v) is 23.5. The van der Waals surface area contributed by atoms with Crippen LogP contribution in [0.15, 0.2) is 36.4 Å². The third-order valence-electron chi connectivity index (χ3n) is 5.37. The van der Waals surface area contributed by atoms with Gasteiger partial charge in [-0.05, 0) is 70.4 Å². The maximum Gasteiger partial charge on any atom is 0.244 e. The Labute approximate surface area is 218 Å². The number of carbonyl (C=O) groups is 2. The van der Waals surface area contributed by atoms with Crippen molar-refractivity contribution in [3.63, 3.8) is 0 Å². The Morgan fingerprint density at radius 3 is 2.09 bits per heavy atom. The molecular weight excluding hydrogens is 509 g/mol. The summed E-state index contributed by atoms with van der Waals surface area (Å²) in [6.45, 7) is 10.3. The predicted molar refractivity (Wildman–Crippen MR) is 142 cm³/mol. The molecule has 0 aliphatic heterocycles. The molecule has 2 amide bonds. The second-order valence-electron chi connectivity index (χ2n) is 9.70. The number of hydrogen-bond donors (Lipinski definition) is 1. The Bertz CT molecular complexity index is 1190. The van der Waals surface area contributed by atoms with Gasteiger partial charge in [-0.1, -0.05) is 47.5 Å². The van der Waals surface area contributed by atoms with Crippen LogP contribution in [0.3, 0.4) is 0 Å². The number of hydrogen-bond acceptors (Lipinski definition) is 4. The molecule has 0 heterocycles. The summed E-state index contributed by atoms with van der Waals surface area (Å²) in [7, 11) is -3.80.